The Morgan fingerprint density at radius 3 is 2.03 bits per heavy atom. The first-order chi connectivity index (χ1) is 28.5. The van der Waals surface area contributed by atoms with Gasteiger partial charge in [-0.3, -0.25) is 24.0 Å². The van der Waals surface area contributed by atoms with Crippen LogP contribution in [0.15, 0.2) is 30.3 Å². The number of ether oxygens (including phenoxy) is 2. The summed E-state index contributed by atoms with van der Waals surface area (Å²) in [4.78, 5) is 96.6. The summed E-state index contributed by atoms with van der Waals surface area (Å²) in [6, 6.07) is 5.70. The minimum atomic E-state index is -2.33. The van der Waals surface area contributed by atoms with E-state index in [1.165, 1.54) is 19.1 Å². The van der Waals surface area contributed by atoms with Crippen molar-refractivity contribution in [2.24, 2.45) is 23.7 Å². The lowest BCUT2D eigenvalue weighted by atomic mass is 9.89. The molecule has 9 atom stereocenters. The average molecular weight is 876 g/mol. The molecule has 0 aliphatic carbocycles. The summed E-state index contributed by atoms with van der Waals surface area (Å²) in [6.07, 6.45) is 1.25. The number of hydrogen-bond donors (Lipinski definition) is 4. The molecule has 5 amide bonds. The number of likely N-dealkylation sites (N-methyl/N-ethyl adjacent to an activating group) is 2. The van der Waals surface area contributed by atoms with Crippen molar-refractivity contribution in [3.8, 4) is 0 Å². The van der Waals surface area contributed by atoms with Crippen LogP contribution in [0.4, 0.5) is 0 Å². The lowest BCUT2D eigenvalue weighted by Crippen LogP contribution is -2.60. The van der Waals surface area contributed by atoms with Crippen LogP contribution in [0.5, 0.6) is 0 Å². The summed E-state index contributed by atoms with van der Waals surface area (Å²) in [6.45, 7) is 17.1. The Balaban J connectivity index is 2.28. The molecule has 1 aromatic rings. The van der Waals surface area contributed by atoms with Gasteiger partial charge < -0.3 is 44.7 Å². The van der Waals surface area contributed by atoms with Gasteiger partial charge in [0.2, 0.25) is 29.5 Å². The normalized spacial score (nSPS) is 18.4. The van der Waals surface area contributed by atoms with Crippen molar-refractivity contribution in [2.75, 3.05) is 34.9 Å². The number of carboxylic acid groups (broad SMARTS) is 1. The predicted octanol–water partition coefficient (Wildman–Crippen LogP) is 4.32. The zero-order valence-corrected chi connectivity index (χ0v) is 40.1. The molecule has 1 aliphatic rings. The summed E-state index contributed by atoms with van der Waals surface area (Å²) >= 11 is 0. The summed E-state index contributed by atoms with van der Waals surface area (Å²) < 4.78 is 11.9. The number of nitrogens with zero attached hydrogens (tertiary/aromatic N) is 3. The molecular formula is C45H77N5O10Si. The van der Waals surface area contributed by atoms with E-state index in [1.807, 2.05) is 72.8 Å². The number of carbonyl (C=O) groups is 6. The highest BCUT2D eigenvalue weighted by Gasteiger charge is 2.44. The zero-order valence-electron chi connectivity index (χ0n) is 39.1. The number of carboxylic acids is 1. The third-order valence-electron chi connectivity index (χ3n) is 12.3. The van der Waals surface area contributed by atoms with Gasteiger partial charge in [-0.15, -0.1) is 0 Å². The molecule has 1 heterocycles. The summed E-state index contributed by atoms with van der Waals surface area (Å²) in [5, 5.41) is 15.6. The number of methoxy groups -OCH3 is 2. The maximum atomic E-state index is 14.5. The van der Waals surface area contributed by atoms with Crippen molar-refractivity contribution in [2.45, 2.75) is 155 Å². The Kier molecular flexibility index (Phi) is 21.6. The first-order valence-electron chi connectivity index (χ1n) is 22.0. The van der Waals surface area contributed by atoms with Crippen LogP contribution < -0.4 is 10.6 Å². The van der Waals surface area contributed by atoms with Gasteiger partial charge in [-0.05, 0) is 61.7 Å². The van der Waals surface area contributed by atoms with Gasteiger partial charge in [-0.1, -0.05) is 85.2 Å². The molecule has 0 spiro atoms. The molecular weight excluding hydrogens is 799 g/mol. The standard InChI is InChI=1S/C45H77N5O10Si/c1-14-30(6)40(49(9)44(55)38(28(2)3)47-43(54)39(29(4)5)48(8)36(51)23-19-25-61(12,13)58)35(59-10)27-37(52)50-24-18-22-34(50)41(60-11)31(7)42(53)46-33(45(56)57)26-32-20-16-15-17-21-32/h15-17,20-21,28-31,33-35,38-41,58H,14,18-19,22-27H2,1-13H3,(H,46,53)(H,47,54)(H,56,57)/t30-,31+,33-,34?,35+,38-,39-,40?,41+/m1/s1. The monoisotopic (exact) mass is 876 g/mol. The smallest absolute Gasteiger partial charge is 0.326 e. The van der Waals surface area contributed by atoms with Crippen molar-refractivity contribution in [1.29, 1.82) is 0 Å². The molecule has 2 unspecified atom stereocenters. The summed E-state index contributed by atoms with van der Waals surface area (Å²) in [5.74, 6) is -4.33. The van der Waals surface area contributed by atoms with Gasteiger partial charge >= 0.3 is 5.97 Å². The second kappa shape index (κ2) is 24.7. The Hall–Kier alpha value is -3.86. The van der Waals surface area contributed by atoms with Crippen LogP contribution >= 0.6 is 0 Å². The molecule has 1 fully saturated rings. The number of amides is 5. The van der Waals surface area contributed by atoms with E-state index in [0.717, 1.165) is 5.56 Å². The Morgan fingerprint density at radius 2 is 1.52 bits per heavy atom. The fraction of sp³-hybridized carbons (Fsp3) is 0.733. The summed E-state index contributed by atoms with van der Waals surface area (Å²) in [7, 11) is 3.93. The molecule has 346 valence electrons. The van der Waals surface area contributed by atoms with Crippen LogP contribution in [0.3, 0.4) is 0 Å². The van der Waals surface area contributed by atoms with E-state index in [0.29, 0.717) is 38.3 Å². The maximum absolute atomic E-state index is 14.5. The molecule has 16 heteroatoms. The maximum Gasteiger partial charge on any atom is 0.326 e. The van der Waals surface area contributed by atoms with Crippen LogP contribution in [0.25, 0.3) is 0 Å². The molecule has 15 nitrogen and oxygen atoms in total. The molecule has 4 N–H and O–H groups in total. The first-order valence-corrected chi connectivity index (χ1v) is 25.1. The van der Waals surface area contributed by atoms with E-state index in [-0.39, 0.29) is 54.7 Å². The van der Waals surface area contributed by atoms with E-state index in [2.05, 4.69) is 10.6 Å². The highest BCUT2D eigenvalue weighted by molar-refractivity contribution is 6.69. The van der Waals surface area contributed by atoms with Crippen molar-refractivity contribution >= 4 is 43.8 Å². The lowest BCUT2D eigenvalue weighted by molar-refractivity contribution is -0.149. The predicted molar refractivity (Wildman–Crippen MR) is 238 cm³/mol. The molecule has 0 aromatic heterocycles. The number of nitrogens with one attached hydrogen (secondary N) is 2. The average Bonchev–Trinajstić information content (AvgIpc) is 3.68. The van der Waals surface area contributed by atoms with Gasteiger partial charge in [0.15, 0.2) is 8.32 Å². The molecule has 1 saturated heterocycles. The quantitative estimate of drug-likeness (QED) is 0.103. The van der Waals surface area contributed by atoms with Crippen molar-refractivity contribution in [1.82, 2.24) is 25.3 Å². The number of rotatable bonds is 25. The first kappa shape index (κ1) is 53.3. The van der Waals surface area contributed by atoms with E-state index in [9.17, 15) is 38.7 Å². The fourth-order valence-corrected chi connectivity index (χ4v) is 9.60. The van der Waals surface area contributed by atoms with Gasteiger partial charge in [-0.25, -0.2) is 4.79 Å². The molecule has 0 radical (unpaired) electrons. The Bertz CT molecular complexity index is 1590. The van der Waals surface area contributed by atoms with Gasteiger partial charge in [0.1, 0.15) is 18.1 Å². The second-order valence-electron chi connectivity index (χ2n) is 18.3. The fourth-order valence-electron chi connectivity index (χ4n) is 8.56. The summed E-state index contributed by atoms with van der Waals surface area (Å²) in [5.41, 5.74) is 0.770. The van der Waals surface area contributed by atoms with E-state index in [4.69, 9.17) is 9.47 Å². The molecule has 61 heavy (non-hydrogen) atoms. The van der Waals surface area contributed by atoms with Crippen LogP contribution in [0.1, 0.15) is 92.6 Å². The van der Waals surface area contributed by atoms with Gasteiger partial charge in [-0.2, -0.15) is 0 Å². The number of hydrogen-bond acceptors (Lipinski definition) is 9. The van der Waals surface area contributed by atoms with Crippen LogP contribution in [0.2, 0.25) is 19.1 Å². The van der Waals surface area contributed by atoms with E-state index in [1.54, 1.807) is 43.0 Å². The zero-order chi connectivity index (χ0) is 46.4. The van der Waals surface area contributed by atoms with Crippen molar-refractivity contribution < 1.29 is 48.1 Å². The van der Waals surface area contributed by atoms with Crippen LogP contribution in [-0.4, -0.2) is 146 Å². The van der Waals surface area contributed by atoms with Crippen LogP contribution in [0, 0.1) is 23.7 Å². The van der Waals surface area contributed by atoms with Gasteiger partial charge in [0, 0.05) is 47.7 Å². The molecule has 0 saturated carbocycles. The van der Waals surface area contributed by atoms with Gasteiger partial charge in [0.25, 0.3) is 0 Å². The second-order valence-corrected chi connectivity index (χ2v) is 22.4. The highest BCUT2D eigenvalue weighted by atomic mass is 28.4. The van der Waals surface area contributed by atoms with Crippen LogP contribution in [-0.2, 0) is 44.7 Å². The third kappa shape index (κ3) is 15.5. The molecule has 1 aliphatic heterocycles. The molecule has 1 aromatic carbocycles. The number of carbonyl (C=O) groups excluding carboxylic acids is 5. The molecule has 2 rings (SSSR count). The third-order valence-corrected chi connectivity index (χ3v) is 13.9. The minimum absolute atomic E-state index is 0.0637. The number of benzene rings is 1. The van der Waals surface area contributed by atoms with E-state index >= 15 is 0 Å². The number of aliphatic carboxylic acids is 1. The van der Waals surface area contributed by atoms with Gasteiger partial charge in [0.05, 0.1) is 36.6 Å². The highest BCUT2D eigenvalue weighted by Crippen LogP contribution is 2.30. The van der Waals surface area contributed by atoms with E-state index < -0.39 is 74.4 Å². The topological polar surface area (TPSA) is 195 Å². The minimum Gasteiger partial charge on any atom is -0.480 e. The molecule has 0 bridgehead atoms. The number of likely N-dealkylation sites (tertiary alicyclic amines) is 1. The van der Waals surface area contributed by atoms with Crippen molar-refractivity contribution in [3.05, 3.63) is 35.9 Å². The Labute approximate surface area is 365 Å². The Morgan fingerprint density at radius 1 is 0.902 bits per heavy atom. The van der Waals surface area contributed by atoms with Crippen molar-refractivity contribution in [3.63, 3.8) is 0 Å². The lowest BCUT2D eigenvalue weighted by Gasteiger charge is -2.41. The largest absolute Gasteiger partial charge is 0.480 e. The SMILES string of the molecule is CC[C@@H](C)C([C@H](CC(=O)N1CCCC1[C@@H](OC)[C@H](C)C(=O)N[C@H](Cc1ccccc1)C(=O)O)OC)N(C)C(=O)[C@H](NC(=O)[C@@H](C(C)C)N(C)C(=O)CCC[Si](C)(C)O)C(C)C.